The highest BCUT2D eigenvalue weighted by Crippen LogP contribution is 2.35. The van der Waals surface area contributed by atoms with E-state index in [9.17, 15) is 0 Å². The van der Waals surface area contributed by atoms with E-state index in [1.165, 1.54) is 29.4 Å². The maximum atomic E-state index is 5.44. The van der Waals surface area contributed by atoms with E-state index in [1.807, 2.05) is 6.07 Å². The third kappa shape index (κ3) is 1.79. The van der Waals surface area contributed by atoms with Crippen molar-refractivity contribution in [2.24, 2.45) is 0 Å². The first-order valence-electron chi connectivity index (χ1n) is 6.66. The fourth-order valence-electron chi connectivity index (χ4n) is 3.03. The van der Waals surface area contributed by atoms with E-state index in [0.717, 1.165) is 24.4 Å². The second-order valence-corrected chi connectivity index (χ2v) is 5.12. The van der Waals surface area contributed by atoms with Crippen LogP contribution in [-0.4, -0.2) is 25.2 Å². The summed E-state index contributed by atoms with van der Waals surface area (Å²) in [7, 11) is 1.73. The van der Waals surface area contributed by atoms with E-state index in [4.69, 9.17) is 4.74 Å². The molecule has 1 atom stereocenters. The van der Waals surface area contributed by atoms with Crippen LogP contribution in [0.25, 0.3) is 10.9 Å². The van der Waals surface area contributed by atoms with Gasteiger partial charge in [0.25, 0.3) is 0 Å². The van der Waals surface area contributed by atoms with Gasteiger partial charge in [-0.25, -0.2) is 0 Å². The predicted molar refractivity (Wildman–Crippen MR) is 74.4 cm³/mol. The van der Waals surface area contributed by atoms with Crippen molar-refractivity contribution in [1.82, 2.24) is 10.3 Å². The Morgan fingerprint density at radius 3 is 2.94 bits per heavy atom. The van der Waals surface area contributed by atoms with Crippen LogP contribution in [0, 0.1) is 6.92 Å². The number of aromatic amines is 1. The molecular formula is C15H20N2O. The smallest absolute Gasteiger partial charge is 0.142 e. The normalized spacial score (nSPS) is 20.2. The minimum absolute atomic E-state index is 0.623. The zero-order valence-corrected chi connectivity index (χ0v) is 11.0. The lowest BCUT2D eigenvalue weighted by atomic mass is 9.90. The van der Waals surface area contributed by atoms with Gasteiger partial charge in [-0.2, -0.15) is 0 Å². The molecule has 0 bridgehead atoms. The lowest BCUT2D eigenvalue weighted by Gasteiger charge is -2.22. The van der Waals surface area contributed by atoms with Gasteiger partial charge < -0.3 is 15.0 Å². The second-order valence-electron chi connectivity index (χ2n) is 5.12. The monoisotopic (exact) mass is 244 g/mol. The molecule has 1 aliphatic rings. The number of hydrogen-bond donors (Lipinski definition) is 2. The minimum Gasteiger partial charge on any atom is -0.495 e. The van der Waals surface area contributed by atoms with E-state index >= 15 is 0 Å². The molecular weight excluding hydrogens is 224 g/mol. The van der Waals surface area contributed by atoms with Crippen LogP contribution < -0.4 is 10.1 Å². The quantitative estimate of drug-likeness (QED) is 0.852. The molecule has 3 heteroatoms. The SMILES string of the molecule is COc1ccc(C)c2c(C3CCCNC3)c[nH]c12. The molecule has 0 amide bonds. The van der Waals surface area contributed by atoms with Gasteiger partial charge in [-0.15, -0.1) is 0 Å². The van der Waals surface area contributed by atoms with Gasteiger partial charge in [0, 0.05) is 18.1 Å². The zero-order valence-electron chi connectivity index (χ0n) is 11.0. The third-order valence-electron chi connectivity index (χ3n) is 3.99. The fraction of sp³-hybridized carbons (Fsp3) is 0.467. The predicted octanol–water partition coefficient (Wildman–Crippen LogP) is 2.95. The summed E-state index contributed by atoms with van der Waals surface area (Å²) in [4.78, 5) is 3.39. The summed E-state index contributed by atoms with van der Waals surface area (Å²) < 4.78 is 5.44. The number of nitrogens with one attached hydrogen (secondary N) is 2. The fourth-order valence-corrected chi connectivity index (χ4v) is 3.03. The Labute approximate surface area is 108 Å². The highest BCUT2D eigenvalue weighted by molar-refractivity contribution is 5.91. The second kappa shape index (κ2) is 4.65. The first-order valence-corrected chi connectivity index (χ1v) is 6.66. The van der Waals surface area contributed by atoms with Gasteiger partial charge in [0.05, 0.1) is 12.6 Å². The zero-order chi connectivity index (χ0) is 12.5. The standard InChI is InChI=1S/C15H20N2O/c1-10-5-6-13(18-2)15-14(10)12(9-17-15)11-4-3-7-16-8-11/h5-6,9,11,16-17H,3-4,7-8H2,1-2H3. The maximum absolute atomic E-state index is 5.44. The lowest BCUT2D eigenvalue weighted by Crippen LogP contribution is -2.28. The van der Waals surface area contributed by atoms with Crippen LogP contribution in [0.15, 0.2) is 18.3 Å². The molecule has 2 aromatic rings. The summed E-state index contributed by atoms with van der Waals surface area (Å²) in [6.07, 6.45) is 4.70. The summed E-state index contributed by atoms with van der Waals surface area (Å²) in [5, 5.41) is 4.84. The van der Waals surface area contributed by atoms with Crippen molar-refractivity contribution in [3.8, 4) is 5.75 Å². The van der Waals surface area contributed by atoms with Gasteiger partial charge >= 0.3 is 0 Å². The van der Waals surface area contributed by atoms with Crippen LogP contribution in [0.5, 0.6) is 5.75 Å². The molecule has 1 aromatic heterocycles. The molecule has 3 nitrogen and oxygen atoms in total. The van der Waals surface area contributed by atoms with Gasteiger partial charge in [-0.1, -0.05) is 6.07 Å². The van der Waals surface area contributed by atoms with Crippen molar-refractivity contribution in [2.75, 3.05) is 20.2 Å². The Balaban J connectivity index is 2.12. The molecule has 1 unspecified atom stereocenters. The molecule has 2 N–H and O–H groups in total. The Morgan fingerprint density at radius 1 is 1.33 bits per heavy atom. The first kappa shape index (κ1) is 11.6. The highest BCUT2D eigenvalue weighted by Gasteiger charge is 2.20. The number of aryl methyl sites for hydroxylation is 1. The summed E-state index contributed by atoms with van der Waals surface area (Å²) in [5.41, 5.74) is 3.90. The van der Waals surface area contributed by atoms with Crippen molar-refractivity contribution in [2.45, 2.75) is 25.7 Å². The average molecular weight is 244 g/mol. The van der Waals surface area contributed by atoms with E-state index in [-0.39, 0.29) is 0 Å². The van der Waals surface area contributed by atoms with Crippen LogP contribution in [0.1, 0.15) is 29.9 Å². The van der Waals surface area contributed by atoms with Crippen LogP contribution >= 0.6 is 0 Å². The number of aromatic nitrogens is 1. The number of piperidine rings is 1. The largest absolute Gasteiger partial charge is 0.495 e. The highest BCUT2D eigenvalue weighted by atomic mass is 16.5. The Hall–Kier alpha value is -1.48. The molecule has 0 aliphatic carbocycles. The Morgan fingerprint density at radius 2 is 2.22 bits per heavy atom. The van der Waals surface area contributed by atoms with Gasteiger partial charge in [-0.3, -0.25) is 0 Å². The molecule has 18 heavy (non-hydrogen) atoms. The van der Waals surface area contributed by atoms with Crippen LogP contribution in [0.3, 0.4) is 0 Å². The van der Waals surface area contributed by atoms with E-state index in [1.54, 1.807) is 7.11 Å². The summed E-state index contributed by atoms with van der Waals surface area (Å²) in [6.45, 7) is 4.42. The molecule has 0 spiro atoms. The molecule has 2 heterocycles. The molecule has 1 aliphatic heterocycles. The van der Waals surface area contributed by atoms with E-state index in [2.05, 4.69) is 29.5 Å². The number of hydrogen-bond acceptors (Lipinski definition) is 2. The number of benzene rings is 1. The molecule has 1 saturated heterocycles. The van der Waals surface area contributed by atoms with Crippen molar-refractivity contribution < 1.29 is 4.74 Å². The number of rotatable bonds is 2. The summed E-state index contributed by atoms with van der Waals surface area (Å²) in [5.74, 6) is 1.56. The minimum atomic E-state index is 0.623. The number of ether oxygens (including phenoxy) is 1. The van der Waals surface area contributed by atoms with Crippen LogP contribution in [0.4, 0.5) is 0 Å². The molecule has 1 aromatic carbocycles. The Bertz CT molecular complexity index is 553. The van der Waals surface area contributed by atoms with Gasteiger partial charge in [0.15, 0.2) is 0 Å². The van der Waals surface area contributed by atoms with E-state index < -0.39 is 0 Å². The maximum Gasteiger partial charge on any atom is 0.142 e. The molecule has 0 saturated carbocycles. The molecule has 96 valence electrons. The molecule has 0 radical (unpaired) electrons. The summed E-state index contributed by atoms with van der Waals surface area (Å²) >= 11 is 0. The van der Waals surface area contributed by atoms with Gasteiger partial charge in [-0.05, 0) is 49.4 Å². The van der Waals surface area contributed by atoms with Crippen LogP contribution in [-0.2, 0) is 0 Å². The molecule has 3 rings (SSSR count). The number of methoxy groups -OCH3 is 1. The average Bonchev–Trinajstić information content (AvgIpc) is 2.86. The topological polar surface area (TPSA) is 37.0 Å². The van der Waals surface area contributed by atoms with Crippen LogP contribution in [0.2, 0.25) is 0 Å². The third-order valence-corrected chi connectivity index (χ3v) is 3.99. The van der Waals surface area contributed by atoms with E-state index in [0.29, 0.717) is 5.92 Å². The van der Waals surface area contributed by atoms with Crippen molar-refractivity contribution in [3.63, 3.8) is 0 Å². The van der Waals surface area contributed by atoms with Crippen molar-refractivity contribution >= 4 is 10.9 Å². The Kier molecular flexibility index (Phi) is 3.00. The van der Waals surface area contributed by atoms with Gasteiger partial charge in [0.1, 0.15) is 5.75 Å². The summed E-state index contributed by atoms with van der Waals surface area (Å²) in [6, 6.07) is 4.19. The lowest BCUT2D eigenvalue weighted by molar-refractivity contribution is 0.419. The van der Waals surface area contributed by atoms with Crippen molar-refractivity contribution in [3.05, 3.63) is 29.5 Å². The van der Waals surface area contributed by atoms with Gasteiger partial charge in [0.2, 0.25) is 0 Å². The van der Waals surface area contributed by atoms with Crippen molar-refractivity contribution in [1.29, 1.82) is 0 Å². The number of fused-ring (bicyclic) bond motifs is 1. The first-order chi connectivity index (χ1) is 8.81. The molecule has 1 fully saturated rings. The number of H-pyrrole nitrogens is 1.